The highest BCUT2D eigenvalue weighted by Gasteiger charge is 2.42. The molecular weight excluding hydrogens is 194 g/mol. The molecule has 0 bridgehead atoms. The molecule has 0 heterocycles. The lowest BCUT2D eigenvalue weighted by Crippen LogP contribution is -2.24. The largest absolute Gasteiger partial charge is 0.491 e. The first kappa shape index (κ1) is 10.8. The quantitative estimate of drug-likeness (QED) is 0.363. The third-order valence-electron chi connectivity index (χ3n) is 0.562. The maximum absolute atomic E-state index is 11.5. The number of esters is 1. The number of halogens is 6. The molecule has 0 rings (SSSR count). The SMILES string of the molecule is O=C(OC(F)=C(F)F)C(F)(F)F. The summed E-state index contributed by atoms with van der Waals surface area (Å²) in [6, 6.07) is -2.85. The molecule has 0 saturated carbocycles. The second kappa shape index (κ2) is 3.46. The van der Waals surface area contributed by atoms with Crippen molar-refractivity contribution in [3.8, 4) is 0 Å². The number of carbonyl (C=O) groups is 1. The molecule has 12 heavy (non-hydrogen) atoms. The number of carbonyl (C=O) groups excluding carboxylic acids is 1. The highest BCUT2D eigenvalue weighted by atomic mass is 19.4. The molecule has 0 aromatic heterocycles. The van der Waals surface area contributed by atoms with E-state index in [9.17, 15) is 31.1 Å². The van der Waals surface area contributed by atoms with Crippen molar-refractivity contribution in [1.29, 1.82) is 0 Å². The van der Waals surface area contributed by atoms with Gasteiger partial charge in [0.2, 0.25) is 0 Å². The van der Waals surface area contributed by atoms with E-state index in [4.69, 9.17) is 0 Å². The molecule has 0 atom stereocenters. The zero-order valence-corrected chi connectivity index (χ0v) is 5.08. The van der Waals surface area contributed by atoms with Crippen LogP contribution in [0, 0.1) is 0 Å². The van der Waals surface area contributed by atoms with Gasteiger partial charge in [-0.15, -0.1) is 0 Å². The van der Waals surface area contributed by atoms with E-state index in [1.54, 1.807) is 0 Å². The molecule has 0 aliphatic carbocycles. The summed E-state index contributed by atoms with van der Waals surface area (Å²) in [6.45, 7) is 0. The summed E-state index contributed by atoms with van der Waals surface area (Å²) in [7, 11) is 0. The van der Waals surface area contributed by atoms with E-state index in [-0.39, 0.29) is 0 Å². The minimum atomic E-state index is -5.49. The zero-order valence-electron chi connectivity index (χ0n) is 5.08. The molecule has 0 fully saturated rings. The van der Waals surface area contributed by atoms with E-state index in [0.29, 0.717) is 0 Å². The number of hydrogen-bond acceptors (Lipinski definition) is 2. The summed E-state index contributed by atoms with van der Waals surface area (Å²) in [5, 5.41) is 0. The third-order valence-corrected chi connectivity index (χ3v) is 0.562. The highest BCUT2D eigenvalue weighted by molar-refractivity contribution is 5.76. The fourth-order valence-electron chi connectivity index (χ4n) is 0.178. The zero-order chi connectivity index (χ0) is 9.94. The van der Waals surface area contributed by atoms with Gasteiger partial charge in [-0.2, -0.15) is 26.3 Å². The van der Waals surface area contributed by atoms with Crippen molar-refractivity contribution in [2.45, 2.75) is 6.18 Å². The normalized spacial score (nSPS) is 10.8. The lowest BCUT2D eigenvalue weighted by atomic mass is 10.7. The van der Waals surface area contributed by atoms with Crippen molar-refractivity contribution in [2.75, 3.05) is 0 Å². The van der Waals surface area contributed by atoms with E-state index in [1.807, 2.05) is 0 Å². The second-order valence-corrected chi connectivity index (χ2v) is 1.42. The van der Waals surface area contributed by atoms with Gasteiger partial charge in [0.1, 0.15) is 0 Å². The summed E-state index contributed by atoms with van der Waals surface area (Å²) >= 11 is 0. The van der Waals surface area contributed by atoms with E-state index < -0.39 is 24.2 Å². The minimum Gasteiger partial charge on any atom is -0.388 e. The molecule has 0 aromatic rings. The van der Waals surface area contributed by atoms with Gasteiger partial charge in [0.05, 0.1) is 0 Å². The molecule has 0 aliphatic rings. The molecule has 8 heteroatoms. The summed E-state index contributed by atoms with van der Waals surface area (Å²) in [5.41, 5.74) is 0. The minimum absolute atomic E-state index is 2.58. The van der Waals surface area contributed by atoms with Gasteiger partial charge in [0.25, 0.3) is 0 Å². The molecule has 2 nitrogen and oxygen atoms in total. The van der Waals surface area contributed by atoms with Crippen LogP contribution in [0.2, 0.25) is 0 Å². The van der Waals surface area contributed by atoms with E-state index >= 15 is 0 Å². The molecular formula is C4F6O2. The van der Waals surface area contributed by atoms with E-state index in [2.05, 4.69) is 4.74 Å². The van der Waals surface area contributed by atoms with Crippen LogP contribution in [0.5, 0.6) is 0 Å². The summed E-state index contributed by atoms with van der Waals surface area (Å²) in [4.78, 5) is 9.62. The molecule has 0 aliphatic heterocycles. The predicted octanol–water partition coefficient (Wildman–Crippen LogP) is 2.13. The van der Waals surface area contributed by atoms with Gasteiger partial charge in [-0.25, -0.2) is 4.79 Å². The van der Waals surface area contributed by atoms with Crippen LogP contribution in [0.1, 0.15) is 0 Å². The maximum Gasteiger partial charge on any atom is 0.491 e. The smallest absolute Gasteiger partial charge is 0.388 e. The first-order valence-corrected chi connectivity index (χ1v) is 2.25. The van der Waals surface area contributed by atoms with Gasteiger partial charge >= 0.3 is 24.2 Å². The lowest BCUT2D eigenvalue weighted by Gasteiger charge is -2.02. The molecule has 0 saturated heterocycles. The molecule has 0 N–H and O–H groups in total. The standard InChI is InChI=1S/C4F6O2/c5-1(6)2(7)12-3(11)4(8,9)10. The number of rotatable bonds is 1. The predicted molar refractivity (Wildman–Crippen MR) is 22.5 cm³/mol. The topological polar surface area (TPSA) is 26.3 Å². The summed E-state index contributed by atoms with van der Waals surface area (Å²) in [5.74, 6) is -3.03. The van der Waals surface area contributed by atoms with Gasteiger partial charge in [-0.3, -0.25) is 0 Å². The Bertz CT molecular complexity index is 212. The van der Waals surface area contributed by atoms with Crippen molar-refractivity contribution in [3.05, 3.63) is 12.1 Å². The fraction of sp³-hybridized carbons (Fsp3) is 0.250. The molecule has 70 valence electrons. The first-order chi connectivity index (χ1) is 5.25. The Balaban J connectivity index is 4.32. The van der Waals surface area contributed by atoms with Crippen LogP contribution < -0.4 is 0 Å². The van der Waals surface area contributed by atoms with Crippen LogP contribution in [0.25, 0.3) is 0 Å². The van der Waals surface area contributed by atoms with Crippen molar-refractivity contribution in [1.82, 2.24) is 0 Å². The average Bonchev–Trinajstić information content (AvgIpc) is 1.85. The second-order valence-electron chi connectivity index (χ2n) is 1.42. The maximum atomic E-state index is 11.5. The van der Waals surface area contributed by atoms with Gasteiger partial charge in [-0.05, 0) is 0 Å². The monoisotopic (exact) mass is 194 g/mol. The van der Waals surface area contributed by atoms with Gasteiger partial charge in [-0.1, -0.05) is 0 Å². The molecule has 0 aromatic carbocycles. The Labute approximate surface area is 61.4 Å². The Morgan fingerprint density at radius 3 is 1.75 bits per heavy atom. The van der Waals surface area contributed by atoms with Gasteiger partial charge in [0.15, 0.2) is 0 Å². The number of alkyl halides is 3. The van der Waals surface area contributed by atoms with Crippen LogP contribution in [-0.2, 0) is 9.53 Å². The van der Waals surface area contributed by atoms with Crippen LogP contribution in [0.3, 0.4) is 0 Å². The lowest BCUT2D eigenvalue weighted by molar-refractivity contribution is -0.198. The van der Waals surface area contributed by atoms with E-state index in [1.165, 1.54) is 0 Å². The Hall–Kier alpha value is -1.21. The average molecular weight is 194 g/mol. The Morgan fingerprint density at radius 1 is 1.08 bits per heavy atom. The van der Waals surface area contributed by atoms with E-state index in [0.717, 1.165) is 0 Å². The van der Waals surface area contributed by atoms with Crippen molar-refractivity contribution < 1.29 is 35.9 Å². The Kier molecular flexibility index (Phi) is 3.11. The summed E-state index contributed by atoms with van der Waals surface area (Å²) in [6.07, 6.45) is -8.63. The number of hydrogen-bond donors (Lipinski definition) is 0. The van der Waals surface area contributed by atoms with Crippen molar-refractivity contribution >= 4 is 5.97 Å². The number of ether oxygens (including phenoxy) is 1. The van der Waals surface area contributed by atoms with Crippen LogP contribution in [-0.4, -0.2) is 12.1 Å². The molecule has 0 spiro atoms. The first-order valence-electron chi connectivity index (χ1n) is 2.25. The fourth-order valence-corrected chi connectivity index (χ4v) is 0.178. The van der Waals surface area contributed by atoms with Crippen LogP contribution in [0.15, 0.2) is 12.1 Å². The summed E-state index contributed by atoms with van der Waals surface area (Å²) < 4.78 is 69.6. The van der Waals surface area contributed by atoms with Crippen LogP contribution in [0.4, 0.5) is 26.3 Å². The molecule has 0 radical (unpaired) electrons. The molecule has 0 unspecified atom stereocenters. The Morgan fingerprint density at radius 2 is 1.50 bits per heavy atom. The van der Waals surface area contributed by atoms with Crippen molar-refractivity contribution in [3.63, 3.8) is 0 Å². The van der Waals surface area contributed by atoms with Crippen molar-refractivity contribution in [2.24, 2.45) is 0 Å². The molecule has 0 amide bonds. The third kappa shape index (κ3) is 3.26. The van der Waals surface area contributed by atoms with Crippen LogP contribution >= 0.6 is 0 Å². The van der Waals surface area contributed by atoms with Gasteiger partial charge < -0.3 is 4.74 Å². The van der Waals surface area contributed by atoms with Gasteiger partial charge in [0, 0.05) is 0 Å². The highest BCUT2D eigenvalue weighted by Crippen LogP contribution is 2.20.